The molecule has 1 amide bonds. The number of aliphatic hydroxyl groups is 1. The smallest absolute Gasteiger partial charge is 0.312 e. The van der Waals surface area contributed by atoms with E-state index in [2.05, 4.69) is 5.32 Å². The Morgan fingerprint density at radius 2 is 2.00 bits per heavy atom. The number of nitrogens with zero attached hydrogens (tertiary/aromatic N) is 1. The van der Waals surface area contributed by atoms with Crippen LogP contribution in [0.3, 0.4) is 0 Å². The Morgan fingerprint density at radius 3 is 2.63 bits per heavy atom. The van der Waals surface area contributed by atoms with Crippen LogP contribution in [0.1, 0.15) is 51.0 Å². The summed E-state index contributed by atoms with van der Waals surface area (Å²) >= 11 is 0. The quantitative estimate of drug-likeness (QED) is 0.796. The highest BCUT2D eigenvalue weighted by Crippen LogP contribution is 2.62. The van der Waals surface area contributed by atoms with Gasteiger partial charge in [0.1, 0.15) is 0 Å². The Kier molecular flexibility index (Phi) is 4.23. The minimum Gasteiger partial charge on any atom is -0.452 e. The molecule has 1 aromatic rings. The van der Waals surface area contributed by atoms with Gasteiger partial charge in [-0.15, -0.1) is 0 Å². The van der Waals surface area contributed by atoms with Crippen LogP contribution in [0, 0.1) is 28.6 Å². The topological polar surface area (TPSA) is 99.4 Å². The normalized spacial score (nSPS) is 34.6. The maximum atomic E-state index is 13.0. The molecule has 2 N–H and O–H groups in total. The number of carbonyl (C=O) groups is 2. The van der Waals surface area contributed by atoms with Crippen LogP contribution in [0.25, 0.3) is 0 Å². The summed E-state index contributed by atoms with van der Waals surface area (Å²) in [6, 6.07) is 8.60. The summed E-state index contributed by atoms with van der Waals surface area (Å²) in [4.78, 5) is 25.4. The van der Waals surface area contributed by atoms with Crippen LogP contribution in [0.5, 0.6) is 0 Å². The van der Waals surface area contributed by atoms with Crippen LogP contribution in [0.15, 0.2) is 24.3 Å². The first kappa shape index (κ1) is 18.0. The van der Waals surface area contributed by atoms with Crippen molar-refractivity contribution in [2.45, 2.75) is 57.2 Å². The number of esters is 1. The molecule has 4 bridgehead atoms. The molecular weight excluding hydrogens is 344 g/mol. The van der Waals surface area contributed by atoms with Crippen LogP contribution in [-0.4, -0.2) is 28.7 Å². The highest BCUT2D eigenvalue weighted by atomic mass is 16.5. The van der Waals surface area contributed by atoms with E-state index < -0.39 is 23.0 Å². The number of amides is 1. The zero-order chi connectivity index (χ0) is 19.2. The van der Waals surface area contributed by atoms with Gasteiger partial charge in [-0.2, -0.15) is 5.26 Å². The van der Waals surface area contributed by atoms with E-state index in [9.17, 15) is 14.7 Å². The van der Waals surface area contributed by atoms with Crippen molar-refractivity contribution in [1.29, 1.82) is 5.26 Å². The molecule has 6 nitrogen and oxygen atoms in total. The minimum atomic E-state index is -0.939. The maximum absolute atomic E-state index is 13.0. The summed E-state index contributed by atoms with van der Waals surface area (Å²) in [6.07, 6.45) is 3.67. The summed E-state index contributed by atoms with van der Waals surface area (Å²) in [7, 11) is 0. The van der Waals surface area contributed by atoms with Crippen molar-refractivity contribution in [2.24, 2.45) is 17.3 Å². The molecule has 5 rings (SSSR count). The number of benzene rings is 1. The molecule has 0 spiro atoms. The molecule has 0 saturated heterocycles. The van der Waals surface area contributed by atoms with Crippen molar-refractivity contribution in [3.05, 3.63) is 29.8 Å². The number of nitrogens with one attached hydrogen (secondary N) is 1. The molecule has 0 aliphatic heterocycles. The first-order valence-corrected chi connectivity index (χ1v) is 9.55. The lowest BCUT2D eigenvalue weighted by Gasteiger charge is -2.58. The summed E-state index contributed by atoms with van der Waals surface area (Å²) in [5.74, 6) is -0.0337. The van der Waals surface area contributed by atoms with Gasteiger partial charge in [0.05, 0.1) is 22.6 Å². The lowest BCUT2D eigenvalue weighted by atomic mass is 9.48. The third kappa shape index (κ3) is 3.32. The fourth-order valence-electron chi connectivity index (χ4n) is 5.70. The Labute approximate surface area is 158 Å². The van der Waals surface area contributed by atoms with Gasteiger partial charge in [0, 0.05) is 5.69 Å². The number of rotatable bonds is 4. The van der Waals surface area contributed by atoms with E-state index in [1.807, 2.05) is 6.07 Å². The third-order valence-corrected chi connectivity index (χ3v) is 6.38. The number of hydrogen-bond donors (Lipinski definition) is 2. The second-order valence-corrected chi connectivity index (χ2v) is 8.70. The first-order valence-electron chi connectivity index (χ1n) is 9.55. The molecule has 4 aliphatic rings. The number of nitriles is 1. The van der Waals surface area contributed by atoms with Gasteiger partial charge in [0.25, 0.3) is 5.91 Å². The fraction of sp³-hybridized carbons (Fsp3) is 0.571. The maximum Gasteiger partial charge on any atom is 0.312 e. The minimum absolute atomic E-state index is 0.358. The molecule has 0 radical (unpaired) electrons. The van der Waals surface area contributed by atoms with E-state index >= 15 is 0 Å². The molecule has 2 unspecified atom stereocenters. The van der Waals surface area contributed by atoms with Crippen molar-refractivity contribution in [1.82, 2.24) is 0 Å². The largest absolute Gasteiger partial charge is 0.452 e. The lowest BCUT2D eigenvalue weighted by molar-refractivity contribution is -0.199. The highest BCUT2D eigenvalue weighted by Gasteiger charge is 2.61. The molecule has 27 heavy (non-hydrogen) atoms. The molecular formula is C21H24N2O4. The SMILES string of the molecule is C[C@H](OC(=O)C12C[C@@H]3C[C@@H](CC(O)(C3)C1)C2)C(=O)Nc1cccc(C#N)c1. The summed E-state index contributed by atoms with van der Waals surface area (Å²) in [5.41, 5.74) is -0.453. The Hall–Kier alpha value is -2.39. The van der Waals surface area contributed by atoms with Crippen LogP contribution >= 0.6 is 0 Å². The van der Waals surface area contributed by atoms with Gasteiger partial charge in [-0.1, -0.05) is 6.07 Å². The zero-order valence-electron chi connectivity index (χ0n) is 15.4. The van der Waals surface area contributed by atoms with E-state index in [1.165, 1.54) is 0 Å². The first-order chi connectivity index (χ1) is 12.8. The van der Waals surface area contributed by atoms with Crippen LogP contribution in [0.4, 0.5) is 5.69 Å². The average Bonchev–Trinajstić information content (AvgIpc) is 2.59. The monoisotopic (exact) mass is 368 g/mol. The van der Waals surface area contributed by atoms with Gasteiger partial charge in [-0.3, -0.25) is 9.59 Å². The van der Waals surface area contributed by atoms with Crippen LogP contribution in [-0.2, 0) is 14.3 Å². The van der Waals surface area contributed by atoms with Gasteiger partial charge in [0.15, 0.2) is 6.10 Å². The van der Waals surface area contributed by atoms with Crippen LogP contribution in [0.2, 0.25) is 0 Å². The second kappa shape index (κ2) is 6.35. The lowest BCUT2D eigenvalue weighted by Crippen LogP contribution is -2.59. The predicted octanol–water partition coefficient (Wildman–Crippen LogP) is 2.76. The third-order valence-electron chi connectivity index (χ3n) is 6.38. The molecule has 1 aromatic carbocycles. The molecule has 5 atom stereocenters. The second-order valence-electron chi connectivity index (χ2n) is 8.70. The Bertz CT molecular complexity index is 814. The van der Waals surface area contributed by atoms with Gasteiger partial charge in [-0.25, -0.2) is 0 Å². The summed E-state index contributed by atoms with van der Waals surface area (Å²) < 4.78 is 5.54. The van der Waals surface area contributed by atoms with E-state index in [1.54, 1.807) is 31.2 Å². The summed E-state index contributed by atoms with van der Waals surface area (Å²) in [5, 5.41) is 22.4. The number of carbonyl (C=O) groups excluding carboxylic acids is 2. The van der Waals surface area contributed by atoms with Gasteiger partial charge < -0.3 is 15.2 Å². The highest BCUT2D eigenvalue weighted by molar-refractivity contribution is 5.95. The van der Waals surface area contributed by atoms with Crippen molar-refractivity contribution in [3.8, 4) is 6.07 Å². The van der Waals surface area contributed by atoms with Crippen molar-refractivity contribution < 1.29 is 19.4 Å². The van der Waals surface area contributed by atoms with Crippen LogP contribution < -0.4 is 5.32 Å². The van der Waals surface area contributed by atoms with Gasteiger partial charge in [-0.05, 0) is 75.5 Å². The van der Waals surface area contributed by atoms with Crippen molar-refractivity contribution in [2.75, 3.05) is 5.32 Å². The van der Waals surface area contributed by atoms with Gasteiger partial charge >= 0.3 is 5.97 Å². The van der Waals surface area contributed by atoms with E-state index in [0.717, 1.165) is 32.1 Å². The number of hydrogen-bond acceptors (Lipinski definition) is 5. The van der Waals surface area contributed by atoms with Crippen molar-refractivity contribution >= 4 is 17.6 Å². The molecule has 142 valence electrons. The average molecular weight is 368 g/mol. The predicted molar refractivity (Wildman–Crippen MR) is 97.4 cm³/mol. The molecule has 4 fully saturated rings. The standard InChI is InChI=1S/C21H24N2O4/c1-13(18(24)23-17-4-2-3-14(6-17)11-22)27-19(25)20-7-15-5-16(8-20)10-21(26,9-15)12-20/h2-4,6,13,15-16,26H,5,7-10,12H2,1H3,(H,23,24)/t13-,15-,16+,20?,21?/m0/s1. The van der Waals surface area contributed by atoms with Gasteiger partial charge in [0.2, 0.25) is 0 Å². The Balaban J connectivity index is 1.42. The molecule has 6 heteroatoms. The number of ether oxygens (including phenoxy) is 1. The molecule has 4 aliphatic carbocycles. The van der Waals surface area contributed by atoms with E-state index in [-0.39, 0.29) is 5.97 Å². The number of anilines is 1. The Morgan fingerprint density at radius 1 is 1.30 bits per heavy atom. The molecule has 0 aromatic heterocycles. The van der Waals surface area contributed by atoms with E-state index in [4.69, 9.17) is 10.00 Å². The summed E-state index contributed by atoms with van der Waals surface area (Å²) in [6.45, 7) is 1.55. The molecule has 0 heterocycles. The van der Waals surface area contributed by atoms with E-state index in [0.29, 0.717) is 29.5 Å². The fourth-order valence-corrected chi connectivity index (χ4v) is 5.70. The molecule has 4 saturated carbocycles. The zero-order valence-corrected chi connectivity index (χ0v) is 15.4. The van der Waals surface area contributed by atoms with Crippen molar-refractivity contribution in [3.63, 3.8) is 0 Å².